The molecule has 2 nitrogen and oxygen atoms in total. The molecule has 0 atom stereocenters. The second kappa shape index (κ2) is 4.03. The fourth-order valence-corrected chi connectivity index (χ4v) is 1.54. The van der Waals surface area contributed by atoms with Crippen LogP contribution in [0.4, 0.5) is 0 Å². The summed E-state index contributed by atoms with van der Waals surface area (Å²) in [5.74, 6) is 1.23. The largest absolute Gasteiger partial charge is 0.341 e. The van der Waals surface area contributed by atoms with Crippen molar-refractivity contribution in [2.24, 2.45) is 0 Å². The topological polar surface area (TPSA) is 28.7 Å². The van der Waals surface area contributed by atoms with Gasteiger partial charge in [-0.05, 0) is 12.1 Å². The molecular formula is C10H8Cl2N2. The van der Waals surface area contributed by atoms with Crippen LogP contribution in [-0.2, 0) is 5.88 Å². The molecule has 1 aromatic heterocycles. The summed E-state index contributed by atoms with van der Waals surface area (Å²) in [4.78, 5) is 7.30. The van der Waals surface area contributed by atoms with Gasteiger partial charge in [-0.2, -0.15) is 0 Å². The molecule has 1 N–H and O–H groups in total. The molecule has 0 saturated carbocycles. The van der Waals surface area contributed by atoms with Crippen LogP contribution >= 0.6 is 23.2 Å². The number of alkyl halides is 1. The number of hydrogen-bond acceptors (Lipinski definition) is 1. The van der Waals surface area contributed by atoms with Gasteiger partial charge in [0.1, 0.15) is 5.82 Å². The summed E-state index contributed by atoms with van der Waals surface area (Å²) in [5, 5.41) is 0.700. The Morgan fingerprint density at radius 1 is 1.36 bits per heavy atom. The predicted octanol–water partition coefficient (Wildman–Crippen LogP) is 3.47. The Balaban J connectivity index is 2.39. The van der Waals surface area contributed by atoms with Crippen LogP contribution in [0.2, 0.25) is 5.02 Å². The first-order chi connectivity index (χ1) is 6.79. The molecule has 1 heterocycles. The van der Waals surface area contributed by atoms with Crippen molar-refractivity contribution in [1.82, 2.24) is 9.97 Å². The molecule has 0 radical (unpaired) electrons. The average molecular weight is 227 g/mol. The maximum absolute atomic E-state index is 5.87. The molecule has 0 saturated heterocycles. The Hall–Kier alpha value is -0.990. The van der Waals surface area contributed by atoms with Crippen molar-refractivity contribution in [3.05, 3.63) is 41.2 Å². The van der Waals surface area contributed by atoms with E-state index in [2.05, 4.69) is 9.97 Å². The van der Waals surface area contributed by atoms with Gasteiger partial charge in [-0.15, -0.1) is 11.6 Å². The summed E-state index contributed by atoms with van der Waals surface area (Å²) >= 11 is 11.5. The van der Waals surface area contributed by atoms with Crippen LogP contribution in [-0.4, -0.2) is 9.97 Å². The van der Waals surface area contributed by atoms with Crippen LogP contribution in [0, 0.1) is 0 Å². The first-order valence-electron chi connectivity index (χ1n) is 4.15. The van der Waals surface area contributed by atoms with E-state index in [0.29, 0.717) is 10.9 Å². The van der Waals surface area contributed by atoms with E-state index in [1.54, 1.807) is 6.20 Å². The van der Waals surface area contributed by atoms with E-state index < -0.39 is 0 Å². The zero-order valence-electron chi connectivity index (χ0n) is 7.30. The molecule has 2 rings (SSSR count). The van der Waals surface area contributed by atoms with E-state index in [0.717, 1.165) is 17.1 Å². The maximum Gasteiger partial charge on any atom is 0.137 e. The molecule has 4 heteroatoms. The van der Waals surface area contributed by atoms with E-state index in [1.165, 1.54) is 0 Å². The number of rotatable bonds is 2. The highest BCUT2D eigenvalue weighted by molar-refractivity contribution is 6.30. The van der Waals surface area contributed by atoms with Crippen LogP contribution in [0.3, 0.4) is 0 Å². The number of hydrogen-bond donors (Lipinski definition) is 1. The smallest absolute Gasteiger partial charge is 0.137 e. The van der Waals surface area contributed by atoms with Crippen molar-refractivity contribution in [2.75, 3.05) is 0 Å². The summed E-state index contributed by atoms with van der Waals surface area (Å²) in [6, 6.07) is 7.53. The summed E-state index contributed by atoms with van der Waals surface area (Å²) < 4.78 is 0. The number of aromatic nitrogens is 2. The molecule has 0 amide bonds. The standard InChI is InChI=1S/C10H8Cl2N2/c11-5-9-6-13-10(14-9)7-2-1-3-8(12)4-7/h1-4,6H,5H2,(H,13,14). The zero-order valence-corrected chi connectivity index (χ0v) is 8.81. The Kier molecular flexibility index (Phi) is 2.75. The van der Waals surface area contributed by atoms with Gasteiger partial charge < -0.3 is 4.98 Å². The third-order valence-corrected chi connectivity index (χ3v) is 2.39. The van der Waals surface area contributed by atoms with Crippen LogP contribution in [0.1, 0.15) is 5.69 Å². The molecule has 2 aromatic rings. The molecule has 0 spiro atoms. The Morgan fingerprint density at radius 2 is 2.21 bits per heavy atom. The lowest BCUT2D eigenvalue weighted by Gasteiger charge is -1.96. The summed E-state index contributed by atoms with van der Waals surface area (Å²) in [6.07, 6.45) is 1.73. The fraction of sp³-hybridized carbons (Fsp3) is 0.100. The number of aromatic amines is 1. The van der Waals surface area contributed by atoms with Crippen molar-refractivity contribution in [2.45, 2.75) is 5.88 Å². The van der Waals surface area contributed by atoms with Gasteiger partial charge in [-0.1, -0.05) is 23.7 Å². The highest BCUT2D eigenvalue weighted by Crippen LogP contribution is 2.20. The monoisotopic (exact) mass is 226 g/mol. The van der Waals surface area contributed by atoms with Crippen molar-refractivity contribution in [3.63, 3.8) is 0 Å². The van der Waals surface area contributed by atoms with Gasteiger partial charge in [0.15, 0.2) is 0 Å². The third kappa shape index (κ3) is 1.91. The molecular weight excluding hydrogens is 219 g/mol. The maximum atomic E-state index is 5.87. The van der Waals surface area contributed by atoms with Gasteiger partial charge in [-0.25, -0.2) is 4.98 Å². The van der Waals surface area contributed by atoms with Crippen molar-refractivity contribution >= 4 is 23.2 Å². The first-order valence-corrected chi connectivity index (χ1v) is 5.06. The molecule has 0 bridgehead atoms. The summed E-state index contributed by atoms with van der Waals surface area (Å²) in [5.41, 5.74) is 1.87. The minimum atomic E-state index is 0.438. The fourth-order valence-electron chi connectivity index (χ4n) is 1.21. The van der Waals surface area contributed by atoms with Crippen LogP contribution in [0.25, 0.3) is 11.4 Å². The number of nitrogens with zero attached hydrogens (tertiary/aromatic N) is 1. The average Bonchev–Trinajstić information content (AvgIpc) is 2.66. The lowest BCUT2D eigenvalue weighted by atomic mass is 10.2. The molecule has 72 valence electrons. The van der Waals surface area contributed by atoms with Gasteiger partial charge in [0.05, 0.1) is 5.88 Å². The second-order valence-electron chi connectivity index (χ2n) is 2.90. The summed E-state index contributed by atoms with van der Waals surface area (Å²) in [7, 11) is 0. The number of imidazole rings is 1. The van der Waals surface area contributed by atoms with Crippen LogP contribution in [0.15, 0.2) is 30.5 Å². The van der Waals surface area contributed by atoms with E-state index >= 15 is 0 Å². The van der Waals surface area contributed by atoms with Gasteiger partial charge in [0.2, 0.25) is 0 Å². The number of nitrogens with one attached hydrogen (secondary N) is 1. The molecule has 0 aliphatic heterocycles. The molecule has 14 heavy (non-hydrogen) atoms. The normalized spacial score (nSPS) is 10.4. The lowest BCUT2D eigenvalue weighted by molar-refractivity contribution is 1.22. The number of benzene rings is 1. The van der Waals surface area contributed by atoms with Gasteiger partial charge in [-0.3, -0.25) is 0 Å². The quantitative estimate of drug-likeness (QED) is 0.781. The van der Waals surface area contributed by atoms with Gasteiger partial charge in [0, 0.05) is 22.5 Å². The molecule has 0 unspecified atom stereocenters. The van der Waals surface area contributed by atoms with E-state index in [4.69, 9.17) is 23.2 Å². The van der Waals surface area contributed by atoms with Crippen LogP contribution < -0.4 is 0 Å². The highest BCUT2D eigenvalue weighted by atomic mass is 35.5. The van der Waals surface area contributed by atoms with E-state index in [-0.39, 0.29) is 0 Å². The minimum absolute atomic E-state index is 0.438. The first kappa shape index (κ1) is 9.56. The third-order valence-electron chi connectivity index (χ3n) is 1.87. The molecule has 0 fully saturated rings. The van der Waals surface area contributed by atoms with Crippen LogP contribution in [0.5, 0.6) is 0 Å². The van der Waals surface area contributed by atoms with E-state index in [9.17, 15) is 0 Å². The number of halogens is 2. The Bertz CT molecular complexity index is 437. The minimum Gasteiger partial charge on any atom is -0.341 e. The van der Waals surface area contributed by atoms with Gasteiger partial charge in [0.25, 0.3) is 0 Å². The Labute approximate surface area is 91.9 Å². The molecule has 1 aromatic carbocycles. The highest BCUT2D eigenvalue weighted by Gasteiger charge is 2.02. The Morgan fingerprint density at radius 3 is 2.86 bits per heavy atom. The lowest BCUT2D eigenvalue weighted by Crippen LogP contribution is -1.81. The van der Waals surface area contributed by atoms with Crippen molar-refractivity contribution in [3.8, 4) is 11.4 Å². The van der Waals surface area contributed by atoms with Crippen molar-refractivity contribution < 1.29 is 0 Å². The number of H-pyrrole nitrogens is 1. The second-order valence-corrected chi connectivity index (χ2v) is 3.60. The molecule has 0 aliphatic carbocycles. The van der Waals surface area contributed by atoms with Gasteiger partial charge >= 0.3 is 0 Å². The molecule has 0 aliphatic rings. The SMILES string of the molecule is ClCc1cnc(-c2cccc(Cl)c2)[nH]1. The van der Waals surface area contributed by atoms with E-state index in [1.807, 2.05) is 24.3 Å². The van der Waals surface area contributed by atoms with Crippen molar-refractivity contribution in [1.29, 1.82) is 0 Å². The summed E-state index contributed by atoms with van der Waals surface area (Å²) in [6.45, 7) is 0. The predicted molar refractivity (Wildman–Crippen MR) is 58.6 cm³/mol. The zero-order chi connectivity index (χ0) is 9.97.